The fourth-order valence-electron chi connectivity index (χ4n) is 2.63. The van der Waals surface area contributed by atoms with Crippen molar-refractivity contribution in [3.05, 3.63) is 23.7 Å². The van der Waals surface area contributed by atoms with Gasteiger partial charge in [-0.05, 0) is 37.3 Å². The molecule has 7 heteroatoms. The van der Waals surface area contributed by atoms with E-state index in [0.717, 1.165) is 6.42 Å². The Morgan fingerprint density at radius 3 is 2.76 bits per heavy atom. The van der Waals surface area contributed by atoms with Crippen molar-refractivity contribution in [3.8, 4) is 0 Å². The Morgan fingerprint density at radius 1 is 1.29 bits per heavy atom. The monoisotopic (exact) mass is 294 g/mol. The molecule has 2 unspecified atom stereocenters. The summed E-state index contributed by atoms with van der Waals surface area (Å²) in [5.74, 6) is -0.267. The van der Waals surface area contributed by atoms with Gasteiger partial charge in [-0.25, -0.2) is 9.59 Å². The number of furan rings is 1. The molecule has 1 saturated carbocycles. The lowest BCUT2D eigenvalue weighted by atomic mass is 10.1. The normalized spacial score (nSPS) is 24.8. The Labute approximate surface area is 121 Å². The maximum absolute atomic E-state index is 11.9. The van der Waals surface area contributed by atoms with Crippen LogP contribution in [0.25, 0.3) is 0 Å². The molecule has 1 aliphatic heterocycles. The average molecular weight is 294 g/mol. The summed E-state index contributed by atoms with van der Waals surface area (Å²) in [5, 5.41) is 14.3. The summed E-state index contributed by atoms with van der Waals surface area (Å²) in [6.45, 7) is 0.840. The standard InChI is InChI=1S/C14H18N2O5/c17-13(18)11-4-3-9(21-11)7-15-14(19)16-10-5-6-20-12(10)8-1-2-8/h3-4,8,10,12H,1-2,5-7H2,(H,17,18)(H2,15,16,19). The average Bonchev–Trinajstić information content (AvgIpc) is 3.00. The number of aromatic carboxylic acids is 1. The van der Waals surface area contributed by atoms with Gasteiger partial charge in [0, 0.05) is 6.61 Å². The SMILES string of the molecule is O=C(NCc1ccc(C(=O)O)o1)NC1CCOC1C1CC1. The zero-order chi connectivity index (χ0) is 14.8. The Hall–Kier alpha value is -2.02. The molecule has 2 heterocycles. The second-order valence-electron chi connectivity index (χ2n) is 5.47. The van der Waals surface area contributed by atoms with Crippen LogP contribution in [-0.4, -0.2) is 35.9 Å². The third-order valence-electron chi connectivity index (χ3n) is 3.83. The van der Waals surface area contributed by atoms with Crippen molar-refractivity contribution in [1.29, 1.82) is 0 Å². The first-order valence-electron chi connectivity index (χ1n) is 7.11. The van der Waals surface area contributed by atoms with Gasteiger partial charge in [-0.15, -0.1) is 0 Å². The summed E-state index contributed by atoms with van der Waals surface area (Å²) in [6.07, 6.45) is 3.32. The molecule has 3 N–H and O–H groups in total. The summed E-state index contributed by atoms with van der Waals surface area (Å²) < 4.78 is 10.7. The molecule has 1 aromatic heterocycles. The lowest BCUT2D eigenvalue weighted by Gasteiger charge is -2.19. The van der Waals surface area contributed by atoms with E-state index in [9.17, 15) is 9.59 Å². The van der Waals surface area contributed by atoms with Gasteiger partial charge in [-0.3, -0.25) is 0 Å². The smallest absolute Gasteiger partial charge is 0.371 e. The minimum Gasteiger partial charge on any atom is -0.475 e. The first-order valence-corrected chi connectivity index (χ1v) is 7.11. The molecule has 114 valence electrons. The van der Waals surface area contributed by atoms with Gasteiger partial charge in [-0.2, -0.15) is 0 Å². The molecular formula is C14H18N2O5. The number of hydrogen-bond donors (Lipinski definition) is 3. The highest BCUT2D eigenvalue weighted by atomic mass is 16.5. The van der Waals surface area contributed by atoms with Crippen LogP contribution in [0.5, 0.6) is 0 Å². The van der Waals surface area contributed by atoms with Crippen molar-refractivity contribution >= 4 is 12.0 Å². The van der Waals surface area contributed by atoms with Crippen molar-refractivity contribution in [3.63, 3.8) is 0 Å². The van der Waals surface area contributed by atoms with Crippen LogP contribution in [0.3, 0.4) is 0 Å². The largest absolute Gasteiger partial charge is 0.475 e. The number of carbonyl (C=O) groups excluding carboxylic acids is 1. The fraction of sp³-hybridized carbons (Fsp3) is 0.571. The summed E-state index contributed by atoms with van der Waals surface area (Å²) in [6, 6.07) is 2.67. The molecule has 1 saturated heterocycles. The number of carboxylic acid groups (broad SMARTS) is 1. The van der Waals surface area contributed by atoms with E-state index in [1.165, 1.54) is 25.0 Å². The Bertz CT molecular complexity index is 537. The van der Waals surface area contributed by atoms with Crippen LogP contribution in [0.4, 0.5) is 4.79 Å². The quantitative estimate of drug-likeness (QED) is 0.761. The van der Waals surface area contributed by atoms with Gasteiger partial charge >= 0.3 is 12.0 Å². The van der Waals surface area contributed by atoms with Crippen molar-refractivity contribution in [2.24, 2.45) is 5.92 Å². The van der Waals surface area contributed by atoms with Crippen LogP contribution >= 0.6 is 0 Å². The van der Waals surface area contributed by atoms with Crippen LogP contribution < -0.4 is 10.6 Å². The number of amides is 2. The van der Waals surface area contributed by atoms with E-state index in [0.29, 0.717) is 18.3 Å². The first-order chi connectivity index (χ1) is 10.1. The Morgan fingerprint density at radius 2 is 2.10 bits per heavy atom. The van der Waals surface area contributed by atoms with E-state index < -0.39 is 5.97 Å². The number of urea groups is 1. The molecule has 2 aliphatic rings. The van der Waals surface area contributed by atoms with E-state index in [4.69, 9.17) is 14.3 Å². The fourth-order valence-corrected chi connectivity index (χ4v) is 2.63. The number of carbonyl (C=O) groups is 2. The lowest BCUT2D eigenvalue weighted by molar-refractivity contribution is 0.0660. The molecule has 1 aliphatic carbocycles. The lowest BCUT2D eigenvalue weighted by Crippen LogP contribution is -2.46. The van der Waals surface area contributed by atoms with Crippen molar-refractivity contribution in [1.82, 2.24) is 10.6 Å². The number of carboxylic acids is 1. The van der Waals surface area contributed by atoms with Gasteiger partial charge in [0.2, 0.25) is 5.76 Å². The highest BCUT2D eigenvalue weighted by molar-refractivity contribution is 5.84. The molecule has 2 atom stereocenters. The number of rotatable bonds is 5. The number of ether oxygens (including phenoxy) is 1. The summed E-state index contributed by atoms with van der Waals surface area (Å²) in [4.78, 5) is 22.5. The summed E-state index contributed by atoms with van der Waals surface area (Å²) >= 11 is 0. The van der Waals surface area contributed by atoms with Crippen LogP contribution in [-0.2, 0) is 11.3 Å². The van der Waals surface area contributed by atoms with E-state index in [2.05, 4.69) is 10.6 Å². The van der Waals surface area contributed by atoms with E-state index in [1.54, 1.807) is 0 Å². The van der Waals surface area contributed by atoms with Crippen LogP contribution in [0.1, 0.15) is 35.6 Å². The molecule has 0 spiro atoms. The minimum absolute atomic E-state index is 0.0590. The van der Waals surface area contributed by atoms with Crippen LogP contribution in [0, 0.1) is 5.92 Å². The van der Waals surface area contributed by atoms with Crippen molar-refractivity contribution in [2.75, 3.05) is 6.61 Å². The van der Waals surface area contributed by atoms with E-state index in [1.807, 2.05) is 0 Å². The van der Waals surface area contributed by atoms with Gasteiger partial charge in [0.15, 0.2) is 0 Å². The second kappa shape index (κ2) is 5.77. The van der Waals surface area contributed by atoms with E-state index in [-0.39, 0.29) is 30.5 Å². The zero-order valence-electron chi connectivity index (χ0n) is 11.5. The highest BCUT2D eigenvalue weighted by Crippen LogP contribution is 2.38. The van der Waals surface area contributed by atoms with Gasteiger partial charge in [0.05, 0.1) is 18.7 Å². The molecule has 1 aromatic rings. The van der Waals surface area contributed by atoms with Gasteiger partial charge < -0.3 is 24.9 Å². The maximum Gasteiger partial charge on any atom is 0.371 e. The molecular weight excluding hydrogens is 276 g/mol. The summed E-state index contributed by atoms with van der Waals surface area (Å²) in [5.41, 5.74) is 0. The van der Waals surface area contributed by atoms with Gasteiger partial charge in [0.25, 0.3) is 0 Å². The maximum atomic E-state index is 11.9. The van der Waals surface area contributed by atoms with Gasteiger partial charge in [-0.1, -0.05) is 0 Å². The Kier molecular flexibility index (Phi) is 3.83. The zero-order valence-corrected chi connectivity index (χ0v) is 11.5. The minimum atomic E-state index is -1.12. The predicted octanol–water partition coefficient (Wildman–Crippen LogP) is 1.34. The van der Waals surface area contributed by atoms with Crippen molar-refractivity contribution < 1.29 is 23.8 Å². The highest BCUT2D eigenvalue weighted by Gasteiger charge is 2.41. The topological polar surface area (TPSA) is 101 Å². The summed E-state index contributed by atoms with van der Waals surface area (Å²) in [7, 11) is 0. The molecule has 3 rings (SSSR count). The van der Waals surface area contributed by atoms with Gasteiger partial charge in [0.1, 0.15) is 5.76 Å². The van der Waals surface area contributed by atoms with E-state index >= 15 is 0 Å². The molecule has 7 nitrogen and oxygen atoms in total. The number of nitrogens with one attached hydrogen (secondary N) is 2. The molecule has 0 bridgehead atoms. The molecule has 2 fully saturated rings. The first kappa shape index (κ1) is 13.9. The predicted molar refractivity (Wildman–Crippen MR) is 71.9 cm³/mol. The van der Waals surface area contributed by atoms with Crippen molar-refractivity contribution in [2.45, 2.75) is 38.0 Å². The third-order valence-corrected chi connectivity index (χ3v) is 3.83. The third kappa shape index (κ3) is 3.36. The second-order valence-corrected chi connectivity index (χ2v) is 5.47. The molecule has 2 amide bonds. The Balaban J connectivity index is 1.46. The van der Waals surface area contributed by atoms with Crippen LogP contribution in [0.15, 0.2) is 16.5 Å². The molecule has 21 heavy (non-hydrogen) atoms. The van der Waals surface area contributed by atoms with Crippen LogP contribution in [0.2, 0.25) is 0 Å². The molecule has 0 aromatic carbocycles. The molecule has 0 radical (unpaired) electrons. The number of hydrogen-bond acceptors (Lipinski definition) is 4.